The van der Waals surface area contributed by atoms with Gasteiger partial charge in [-0.1, -0.05) is 12.1 Å². The normalized spacial score (nSPS) is 16.5. The van der Waals surface area contributed by atoms with Gasteiger partial charge in [0.1, 0.15) is 17.8 Å². The summed E-state index contributed by atoms with van der Waals surface area (Å²) in [5.41, 5.74) is 8.22. The maximum atomic E-state index is 12.8. The molecule has 1 amide bonds. The molecule has 3 aromatic rings. The number of H-pyrrole nitrogens is 1. The van der Waals surface area contributed by atoms with Crippen LogP contribution in [-0.4, -0.2) is 51.2 Å². The Bertz CT molecular complexity index is 1110. The van der Waals surface area contributed by atoms with Crippen molar-refractivity contribution in [1.29, 1.82) is 5.26 Å². The van der Waals surface area contributed by atoms with Crippen LogP contribution in [0.3, 0.4) is 0 Å². The Morgan fingerprint density at radius 2 is 2.03 bits per heavy atom. The first-order chi connectivity index (χ1) is 15.5. The summed E-state index contributed by atoms with van der Waals surface area (Å²) in [5, 5.41) is 22.4. The highest BCUT2D eigenvalue weighted by molar-refractivity contribution is 5.87. The lowest BCUT2D eigenvalue weighted by Gasteiger charge is -2.39. The number of nitriles is 1. The fourth-order valence-corrected chi connectivity index (χ4v) is 4.26. The molecule has 1 atom stereocenters. The van der Waals surface area contributed by atoms with Gasteiger partial charge in [0, 0.05) is 37.9 Å². The van der Waals surface area contributed by atoms with E-state index in [1.54, 1.807) is 30.6 Å². The van der Waals surface area contributed by atoms with Crippen LogP contribution in [-0.2, 0) is 4.79 Å². The molecule has 1 fully saturated rings. The summed E-state index contributed by atoms with van der Waals surface area (Å²) >= 11 is 0. The van der Waals surface area contributed by atoms with Gasteiger partial charge in [-0.05, 0) is 43.0 Å². The van der Waals surface area contributed by atoms with Gasteiger partial charge in [-0.15, -0.1) is 0 Å². The standard InChI is InChI=1S/C23H27N7O2/c24-14-16-1-3-17(4-2-16)19(6-12-31)29-20(32)13-23(25)7-10-30(11-8-23)22-18-5-9-26-21(18)27-15-28-22/h1-5,9,15,19,31H,6-8,10-13,25H2,(H,29,32)(H,26,27,28)/t19-/m0/s1. The number of aliphatic hydroxyl groups excluding tert-OH is 1. The molecule has 4 rings (SSSR count). The maximum absolute atomic E-state index is 12.8. The molecule has 166 valence electrons. The summed E-state index contributed by atoms with van der Waals surface area (Å²) in [5.74, 6) is 0.741. The van der Waals surface area contributed by atoms with Crippen molar-refractivity contribution in [2.24, 2.45) is 5.73 Å². The monoisotopic (exact) mass is 433 g/mol. The van der Waals surface area contributed by atoms with E-state index in [1.165, 1.54) is 0 Å². The van der Waals surface area contributed by atoms with Crippen molar-refractivity contribution in [2.45, 2.75) is 37.3 Å². The molecule has 2 aromatic heterocycles. The first-order valence-corrected chi connectivity index (χ1v) is 10.7. The van der Waals surface area contributed by atoms with Gasteiger partial charge in [0.2, 0.25) is 5.91 Å². The Kier molecular flexibility index (Phi) is 6.35. The van der Waals surface area contributed by atoms with Gasteiger partial charge in [0.05, 0.1) is 23.1 Å². The third-order valence-electron chi connectivity index (χ3n) is 6.10. The van der Waals surface area contributed by atoms with Crippen molar-refractivity contribution in [2.75, 3.05) is 24.6 Å². The number of hydrogen-bond acceptors (Lipinski definition) is 7. The lowest BCUT2D eigenvalue weighted by atomic mass is 9.85. The molecule has 0 unspecified atom stereocenters. The number of hydrogen-bond donors (Lipinski definition) is 4. The molecule has 1 saturated heterocycles. The fourth-order valence-electron chi connectivity index (χ4n) is 4.26. The minimum atomic E-state index is -0.598. The Labute approximate surface area is 186 Å². The molecular weight excluding hydrogens is 406 g/mol. The van der Waals surface area contributed by atoms with Gasteiger partial charge in [0.15, 0.2) is 0 Å². The van der Waals surface area contributed by atoms with Crippen molar-refractivity contribution >= 4 is 22.8 Å². The summed E-state index contributed by atoms with van der Waals surface area (Å²) in [4.78, 5) is 26.8. The number of piperidine rings is 1. The number of aromatic amines is 1. The van der Waals surface area contributed by atoms with E-state index in [0.29, 0.717) is 37.9 Å². The number of carbonyl (C=O) groups excluding carboxylic acids is 1. The highest BCUT2D eigenvalue weighted by Crippen LogP contribution is 2.30. The molecule has 1 aromatic carbocycles. The molecule has 1 aliphatic rings. The molecule has 9 heteroatoms. The van der Waals surface area contributed by atoms with Crippen molar-refractivity contribution in [3.63, 3.8) is 0 Å². The Morgan fingerprint density at radius 1 is 1.28 bits per heavy atom. The summed E-state index contributed by atoms with van der Waals surface area (Å²) in [7, 11) is 0. The predicted octanol–water partition coefficient (Wildman–Crippen LogP) is 1.76. The number of amides is 1. The zero-order chi connectivity index (χ0) is 22.6. The van der Waals surface area contributed by atoms with Crippen LogP contribution in [0.5, 0.6) is 0 Å². The van der Waals surface area contributed by atoms with Crippen molar-refractivity contribution in [3.05, 3.63) is 54.0 Å². The predicted molar refractivity (Wildman–Crippen MR) is 121 cm³/mol. The van der Waals surface area contributed by atoms with Gasteiger partial charge < -0.3 is 26.0 Å². The topological polar surface area (TPSA) is 144 Å². The number of rotatable bonds is 7. The van der Waals surface area contributed by atoms with Gasteiger partial charge in [-0.25, -0.2) is 9.97 Å². The number of aromatic nitrogens is 3. The van der Waals surface area contributed by atoms with Gasteiger partial charge in [0.25, 0.3) is 0 Å². The van der Waals surface area contributed by atoms with Crippen molar-refractivity contribution < 1.29 is 9.90 Å². The molecule has 5 N–H and O–H groups in total. The number of anilines is 1. The number of carbonyl (C=O) groups is 1. The average Bonchev–Trinajstić information content (AvgIpc) is 3.28. The average molecular weight is 434 g/mol. The van der Waals surface area contributed by atoms with E-state index >= 15 is 0 Å². The molecule has 3 heterocycles. The minimum Gasteiger partial charge on any atom is -0.396 e. The van der Waals surface area contributed by atoms with Crippen LogP contribution in [0, 0.1) is 11.3 Å². The summed E-state index contributed by atoms with van der Waals surface area (Å²) in [6.45, 7) is 1.35. The number of fused-ring (bicyclic) bond motifs is 1. The molecule has 0 bridgehead atoms. The van der Waals surface area contributed by atoms with E-state index in [-0.39, 0.29) is 25.0 Å². The zero-order valence-corrected chi connectivity index (χ0v) is 17.8. The van der Waals surface area contributed by atoms with Gasteiger partial charge in [-0.2, -0.15) is 5.26 Å². The molecular formula is C23H27N7O2. The number of benzene rings is 1. The smallest absolute Gasteiger partial charge is 0.222 e. The molecule has 32 heavy (non-hydrogen) atoms. The lowest BCUT2D eigenvalue weighted by molar-refractivity contribution is -0.123. The van der Waals surface area contributed by atoms with E-state index in [1.807, 2.05) is 12.3 Å². The first-order valence-electron chi connectivity index (χ1n) is 10.7. The highest BCUT2D eigenvalue weighted by Gasteiger charge is 2.34. The van der Waals surface area contributed by atoms with Crippen molar-refractivity contribution in [1.82, 2.24) is 20.3 Å². The van der Waals surface area contributed by atoms with Crippen LogP contribution in [0.1, 0.15) is 42.9 Å². The number of nitrogens with one attached hydrogen (secondary N) is 2. The Balaban J connectivity index is 1.37. The SMILES string of the molecule is N#Cc1ccc([C@H](CCO)NC(=O)CC2(N)CCN(c3ncnc4[nH]ccc34)CC2)cc1. The lowest BCUT2D eigenvalue weighted by Crippen LogP contribution is -2.53. The summed E-state index contributed by atoms with van der Waals surface area (Å²) < 4.78 is 0. The first kappa shape index (κ1) is 21.7. The van der Waals surface area contributed by atoms with Crippen molar-refractivity contribution in [3.8, 4) is 6.07 Å². The number of aliphatic hydroxyl groups is 1. The quantitative estimate of drug-likeness (QED) is 0.444. The van der Waals surface area contributed by atoms with Gasteiger partial charge in [-0.3, -0.25) is 4.79 Å². The summed E-state index contributed by atoms with van der Waals surface area (Å²) in [6, 6.07) is 10.7. The van der Waals surface area contributed by atoms with E-state index < -0.39 is 5.54 Å². The number of nitrogens with zero attached hydrogens (tertiary/aromatic N) is 4. The summed E-state index contributed by atoms with van der Waals surface area (Å²) in [6.07, 6.45) is 5.33. The third-order valence-corrected chi connectivity index (χ3v) is 6.10. The Morgan fingerprint density at radius 3 is 2.72 bits per heavy atom. The molecule has 0 saturated carbocycles. The fraction of sp³-hybridized carbons (Fsp3) is 0.391. The van der Waals surface area contributed by atoms with Crippen LogP contribution >= 0.6 is 0 Å². The second kappa shape index (κ2) is 9.34. The van der Waals surface area contributed by atoms with Crippen LogP contribution < -0.4 is 16.0 Å². The molecule has 9 nitrogen and oxygen atoms in total. The minimum absolute atomic E-state index is 0.0553. The Hall–Kier alpha value is -3.48. The highest BCUT2D eigenvalue weighted by atomic mass is 16.3. The van der Waals surface area contributed by atoms with Crippen LogP contribution in [0.4, 0.5) is 5.82 Å². The third kappa shape index (κ3) is 4.72. The second-order valence-corrected chi connectivity index (χ2v) is 8.33. The molecule has 0 aliphatic carbocycles. The molecule has 0 radical (unpaired) electrons. The number of nitrogens with two attached hydrogens (primary N) is 1. The van der Waals surface area contributed by atoms with Crippen LogP contribution in [0.15, 0.2) is 42.9 Å². The molecule has 0 spiro atoms. The van der Waals surface area contributed by atoms with E-state index in [9.17, 15) is 9.90 Å². The van der Waals surface area contributed by atoms with E-state index in [4.69, 9.17) is 11.0 Å². The van der Waals surface area contributed by atoms with E-state index in [2.05, 4.69) is 31.2 Å². The second-order valence-electron chi connectivity index (χ2n) is 8.33. The zero-order valence-electron chi connectivity index (χ0n) is 17.8. The van der Waals surface area contributed by atoms with Gasteiger partial charge >= 0.3 is 0 Å². The maximum Gasteiger partial charge on any atom is 0.222 e. The van der Waals surface area contributed by atoms with Crippen LogP contribution in [0.25, 0.3) is 11.0 Å². The molecule has 1 aliphatic heterocycles. The van der Waals surface area contributed by atoms with Crippen LogP contribution in [0.2, 0.25) is 0 Å². The van der Waals surface area contributed by atoms with E-state index in [0.717, 1.165) is 22.4 Å². The largest absolute Gasteiger partial charge is 0.396 e.